The van der Waals surface area contributed by atoms with Crippen LogP contribution in [0.15, 0.2) is 72.8 Å². The zero-order valence-electron chi connectivity index (χ0n) is 14.2. The van der Waals surface area contributed by atoms with Crippen LogP contribution >= 0.6 is 0 Å². The summed E-state index contributed by atoms with van der Waals surface area (Å²) in [7, 11) is 0. The van der Waals surface area contributed by atoms with E-state index in [0.717, 1.165) is 5.56 Å². The van der Waals surface area contributed by atoms with Gasteiger partial charge in [0, 0.05) is 12.6 Å². The lowest BCUT2D eigenvalue weighted by atomic mass is 10.00. The van der Waals surface area contributed by atoms with E-state index < -0.39 is 6.23 Å². The van der Waals surface area contributed by atoms with Gasteiger partial charge in [-0.05, 0) is 35.7 Å². The SMILES string of the molecule is CC(NN(Cc1ccccc1)C(C)O)c1cccc2ccccc12. The zero-order valence-corrected chi connectivity index (χ0v) is 14.2. The van der Waals surface area contributed by atoms with Crippen LogP contribution in [0.4, 0.5) is 0 Å². The number of nitrogens with one attached hydrogen (secondary N) is 1. The molecule has 3 nitrogen and oxygen atoms in total. The van der Waals surface area contributed by atoms with Crippen LogP contribution in [0.3, 0.4) is 0 Å². The molecule has 0 spiro atoms. The molecule has 0 amide bonds. The van der Waals surface area contributed by atoms with Gasteiger partial charge in [0.05, 0.1) is 0 Å². The number of benzene rings is 3. The first-order chi connectivity index (χ1) is 11.6. The van der Waals surface area contributed by atoms with E-state index in [4.69, 9.17) is 0 Å². The van der Waals surface area contributed by atoms with Gasteiger partial charge >= 0.3 is 0 Å². The van der Waals surface area contributed by atoms with Crippen molar-refractivity contribution in [1.82, 2.24) is 10.4 Å². The van der Waals surface area contributed by atoms with Crippen molar-refractivity contribution in [3.8, 4) is 0 Å². The Balaban J connectivity index is 1.81. The second kappa shape index (κ2) is 7.58. The van der Waals surface area contributed by atoms with Crippen molar-refractivity contribution < 1.29 is 5.11 Å². The minimum absolute atomic E-state index is 0.0920. The molecular formula is C21H24N2O. The van der Waals surface area contributed by atoms with Crippen LogP contribution in [-0.2, 0) is 6.54 Å². The molecule has 0 aliphatic rings. The Morgan fingerprint density at radius 3 is 2.29 bits per heavy atom. The lowest BCUT2D eigenvalue weighted by Crippen LogP contribution is -2.44. The topological polar surface area (TPSA) is 35.5 Å². The standard InChI is InChI=1S/C21H24N2O/c1-16(20-14-8-12-19-11-6-7-13-21(19)20)22-23(17(2)24)15-18-9-4-3-5-10-18/h3-14,16-17,22,24H,15H2,1-2H3. The molecule has 0 fully saturated rings. The van der Waals surface area contributed by atoms with Crippen molar-refractivity contribution >= 4 is 10.8 Å². The summed E-state index contributed by atoms with van der Waals surface area (Å²) in [6.45, 7) is 4.56. The van der Waals surface area contributed by atoms with E-state index in [1.54, 1.807) is 6.92 Å². The molecule has 0 heterocycles. The van der Waals surface area contributed by atoms with E-state index in [1.807, 2.05) is 23.2 Å². The largest absolute Gasteiger partial charge is 0.377 e. The summed E-state index contributed by atoms with van der Waals surface area (Å²) in [5.41, 5.74) is 5.85. The average Bonchev–Trinajstić information content (AvgIpc) is 2.61. The summed E-state index contributed by atoms with van der Waals surface area (Å²) in [6.07, 6.45) is -0.581. The number of hydrogen-bond acceptors (Lipinski definition) is 3. The third-order valence-corrected chi connectivity index (χ3v) is 4.30. The smallest absolute Gasteiger partial charge is 0.117 e. The predicted octanol–water partition coefficient (Wildman–Crippen LogP) is 4.25. The first-order valence-electron chi connectivity index (χ1n) is 8.37. The molecule has 0 saturated carbocycles. The number of rotatable bonds is 6. The maximum atomic E-state index is 10.1. The molecule has 0 radical (unpaired) electrons. The molecule has 24 heavy (non-hydrogen) atoms. The monoisotopic (exact) mass is 320 g/mol. The maximum absolute atomic E-state index is 10.1. The van der Waals surface area contributed by atoms with Gasteiger partial charge in [-0.15, -0.1) is 0 Å². The van der Waals surface area contributed by atoms with Crippen LogP contribution in [0.5, 0.6) is 0 Å². The number of hydrogen-bond donors (Lipinski definition) is 2. The predicted molar refractivity (Wildman–Crippen MR) is 99.2 cm³/mol. The number of nitrogens with zero attached hydrogens (tertiary/aromatic N) is 1. The van der Waals surface area contributed by atoms with Gasteiger partial charge in [-0.2, -0.15) is 0 Å². The maximum Gasteiger partial charge on any atom is 0.117 e. The fourth-order valence-corrected chi connectivity index (χ4v) is 3.01. The third-order valence-electron chi connectivity index (χ3n) is 4.30. The van der Waals surface area contributed by atoms with E-state index in [0.29, 0.717) is 6.54 Å². The second-order valence-electron chi connectivity index (χ2n) is 6.16. The Labute approximate surface area is 143 Å². The van der Waals surface area contributed by atoms with E-state index >= 15 is 0 Å². The Bertz CT molecular complexity index is 781. The molecule has 3 aromatic carbocycles. The molecular weight excluding hydrogens is 296 g/mol. The molecule has 2 N–H and O–H groups in total. The minimum Gasteiger partial charge on any atom is -0.377 e. The molecule has 3 rings (SSSR count). The van der Waals surface area contributed by atoms with Crippen LogP contribution in [-0.4, -0.2) is 16.3 Å². The molecule has 3 aromatic rings. The van der Waals surface area contributed by atoms with E-state index in [2.05, 4.69) is 66.9 Å². The summed E-state index contributed by atoms with van der Waals surface area (Å²) in [6, 6.07) is 25.0. The van der Waals surface area contributed by atoms with Gasteiger partial charge in [-0.25, -0.2) is 10.4 Å². The first kappa shape index (κ1) is 16.7. The summed E-state index contributed by atoms with van der Waals surface area (Å²) in [5, 5.41) is 14.5. The van der Waals surface area contributed by atoms with Crippen LogP contribution in [0.25, 0.3) is 10.8 Å². The third kappa shape index (κ3) is 3.82. The Kier molecular flexibility index (Phi) is 5.26. The van der Waals surface area contributed by atoms with E-state index in [9.17, 15) is 5.11 Å². The number of aliphatic hydroxyl groups is 1. The molecule has 0 bridgehead atoms. The Morgan fingerprint density at radius 1 is 0.875 bits per heavy atom. The van der Waals surface area contributed by atoms with Crippen molar-refractivity contribution in [1.29, 1.82) is 0 Å². The molecule has 0 aliphatic carbocycles. The van der Waals surface area contributed by atoms with Crippen molar-refractivity contribution in [2.24, 2.45) is 0 Å². The molecule has 2 unspecified atom stereocenters. The normalized spacial score (nSPS) is 14.0. The fraction of sp³-hybridized carbons (Fsp3) is 0.238. The molecule has 0 aliphatic heterocycles. The Hall–Kier alpha value is -2.20. The van der Waals surface area contributed by atoms with Gasteiger partial charge in [-0.1, -0.05) is 72.8 Å². The molecule has 2 atom stereocenters. The quantitative estimate of drug-likeness (QED) is 0.526. The molecule has 0 aromatic heterocycles. The summed E-state index contributed by atoms with van der Waals surface area (Å²) < 4.78 is 0. The number of aliphatic hydroxyl groups excluding tert-OH is 1. The summed E-state index contributed by atoms with van der Waals surface area (Å²) in [4.78, 5) is 0. The van der Waals surface area contributed by atoms with Crippen molar-refractivity contribution in [3.05, 3.63) is 83.9 Å². The highest BCUT2D eigenvalue weighted by molar-refractivity contribution is 5.86. The molecule has 124 valence electrons. The second-order valence-corrected chi connectivity index (χ2v) is 6.16. The van der Waals surface area contributed by atoms with Gasteiger partial charge in [0.25, 0.3) is 0 Å². The summed E-state index contributed by atoms with van der Waals surface area (Å²) in [5.74, 6) is 0. The van der Waals surface area contributed by atoms with Gasteiger partial charge < -0.3 is 5.11 Å². The highest BCUT2D eigenvalue weighted by Crippen LogP contribution is 2.24. The zero-order chi connectivity index (χ0) is 16.9. The van der Waals surface area contributed by atoms with Crippen LogP contribution in [0, 0.1) is 0 Å². The van der Waals surface area contributed by atoms with Crippen LogP contribution < -0.4 is 5.43 Å². The van der Waals surface area contributed by atoms with E-state index in [1.165, 1.54) is 16.3 Å². The molecule has 0 saturated heterocycles. The van der Waals surface area contributed by atoms with Crippen molar-refractivity contribution in [3.63, 3.8) is 0 Å². The van der Waals surface area contributed by atoms with Crippen molar-refractivity contribution in [2.75, 3.05) is 0 Å². The lowest BCUT2D eigenvalue weighted by Gasteiger charge is -2.30. The average molecular weight is 320 g/mol. The lowest BCUT2D eigenvalue weighted by molar-refractivity contribution is -0.0346. The fourth-order valence-electron chi connectivity index (χ4n) is 3.01. The van der Waals surface area contributed by atoms with E-state index in [-0.39, 0.29) is 6.04 Å². The van der Waals surface area contributed by atoms with Gasteiger partial charge in [0.2, 0.25) is 0 Å². The van der Waals surface area contributed by atoms with Crippen molar-refractivity contribution in [2.45, 2.75) is 32.7 Å². The van der Waals surface area contributed by atoms with Gasteiger partial charge in [0.15, 0.2) is 0 Å². The minimum atomic E-state index is -0.581. The van der Waals surface area contributed by atoms with Crippen LogP contribution in [0.2, 0.25) is 0 Å². The van der Waals surface area contributed by atoms with Gasteiger partial charge in [0.1, 0.15) is 6.23 Å². The highest BCUT2D eigenvalue weighted by atomic mass is 16.3. The summed E-state index contributed by atoms with van der Waals surface area (Å²) >= 11 is 0. The van der Waals surface area contributed by atoms with Crippen LogP contribution in [0.1, 0.15) is 31.0 Å². The number of fused-ring (bicyclic) bond motifs is 1. The molecule has 3 heteroatoms. The highest BCUT2D eigenvalue weighted by Gasteiger charge is 2.16. The number of hydrazine groups is 1. The Morgan fingerprint density at radius 2 is 1.54 bits per heavy atom. The first-order valence-corrected chi connectivity index (χ1v) is 8.37. The van der Waals surface area contributed by atoms with Gasteiger partial charge in [-0.3, -0.25) is 0 Å².